The number of allylic oxidation sites excluding steroid dienone is 4. The summed E-state index contributed by atoms with van der Waals surface area (Å²) in [6, 6.07) is 12.0. The van der Waals surface area contributed by atoms with Crippen LogP contribution in [0.3, 0.4) is 0 Å². The number of nitrogens with zero attached hydrogens (tertiary/aromatic N) is 1. The Morgan fingerprint density at radius 3 is 1.70 bits per heavy atom. The number of benzene rings is 1. The monoisotopic (exact) mass is 429 g/mol. The molecule has 0 aromatic heterocycles. The van der Waals surface area contributed by atoms with Crippen molar-refractivity contribution in [2.75, 3.05) is 0 Å². The van der Waals surface area contributed by atoms with Crippen molar-refractivity contribution >= 4 is 23.3 Å². The third-order valence-electron chi connectivity index (χ3n) is 4.31. The summed E-state index contributed by atoms with van der Waals surface area (Å²) in [5.41, 5.74) is 2.83. The lowest BCUT2D eigenvalue weighted by atomic mass is 9.90. The number of rotatable bonds is 5. The van der Waals surface area contributed by atoms with Gasteiger partial charge in [-0.2, -0.15) is 0 Å². The summed E-state index contributed by atoms with van der Waals surface area (Å²) < 4.78 is 0. The van der Waals surface area contributed by atoms with Crippen LogP contribution in [0, 0.1) is 11.8 Å². The minimum Gasteiger partial charge on any atom is -0.300 e. The lowest BCUT2D eigenvalue weighted by Crippen LogP contribution is -2.11. The van der Waals surface area contributed by atoms with Crippen molar-refractivity contribution in [1.29, 1.82) is 0 Å². The molecular formula is C27H43NOS. The van der Waals surface area contributed by atoms with Crippen molar-refractivity contribution in [3.05, 3.63) is 70.6 Å². The van der Waals surface area contributed by atoms with Crippen molar-refractivity contribution in [2.45, 2.75) is 75.2 Å². The first-order valence-corrected chi connectivity index (χ1v) is 11.6. The van der Waals surface area contributed by atoms with E-state index in [9.17, 15) is 4.79 Å². The van der Waals surface area contributed by atoms with E-state index in [4.69, 9.17) is 0 Å². The molecule has 2 nitrogen and oxygen atoms in total. The van der Waals surface area contributed by atoms with Crippen LogP contribution in [-0.2, 0) is 4.79 Å². The van der Waals surface area contributed by atoms with E-state index in [0.29, 0.717) is 18.3 Å². The van der Waals surface area contributed by atoms with Gasteiger partial charge in [0.15, 0.2) is 0 Å². The van der Waals surface area contributed by atoms with Crippen LogP contribution in [0.15, 0.2) is 75.6 Å². The number of Topliss-reactive ketones (excluding diaryl/α,β-unsaturated/α-hetero) is 1. The third-order valence-corrected chi connectivity index (χ3v) is 5.22. The van der Waals surface area contributed by atoms with Gasteiger partial charge < -0.3 is 4.79 Å². The van der Waals surface area contributed by atoms with E-state index in [1.54, 1.807) is 18.7 Å². The predicted octanol–water partition coefficient (Wildman–Crippen LogP) is 8.88. The number of aliphatic imine (C=N–C) groups is 1. The van der Waals surface area contributed by atoms with Gasteiger partial charge in [-0.1, -0.05) is 83.7 Å². The molecule has 1 aliphatic rings. The van der Waals surface area contributed by atoms with Gasteiger partial charge in [0.2, 0.25) is 0 Å². The highest BCUT2D eigenvalue weighted by Gasteiger charge is 2.20. The Hall–Kier alpha value is -1.87. The van der Waals surface area contributed by atoms with Gasteiger partial charge >= 0.3 is 0 Å². The lowest BCUT2D eigenvalue weighted by Gasteiger charge is -2.13. The van der Waals surface area contributed by atoms with E-state index >= 15 is 0 Å². The topological polar surface area (TPSA) is 29.4 Å². The molecule has 1 aliphatic heterocycles. The van der Waals surface area contributed by atoms with Crippen LogP contribution in [0.5, 0.6) is 0 Å². The fourth-order valence-electron chi connectivity index (χ4n) is 2.34. The molecule has 1 unspecified atom stereocenters. The van der Waals surface area contributed by atoms with E-state index in [-0.39, 0.29) is 5.78 Å². The number of carbonyl (C=O) groups is 1. The number of thioether (sulfide) groups is 1. The van der Waals surface area contributed by atoms with Crippen molar-refractivity contribution in [1.82, 2.24) is 0 Å². The Bertz CT molecular complexity index is 657. The summed E-state index contributed by atoms with van der Waals surface area (Å²) in [7, 11) is 0. The van der Waals surface area contributed by atoms with Crippen LogP contribution in [0.25, 0.3) is 0 Å². The second-order valence-electron chi connectivity index (χ2n) is 7.39. The van der Waals surface area contributed by atoms with Gasteiger partial charge in [-0.3, -0.25) is 4.99 Å². The average Bonchev–Trinajstić information content (AvgIpc) is 3.11. The fourth-order valence-corrected chi connectivity index (χ4v) is 3.01. The molecule has 0 radical (unpaired) electrons. The molecular weight excluding hydrogens is 386 g/mol. The van der Waals surface area contributed by atoms with E-state index in [0.717, 1.165) is 11.3 Å². The quantitative estimate of drug-likeness (QED) is 0.467. The number of hydrogen-bond donors (Lipinski definition) is 0. The molecule has 2 rings (SSSR count). The molecule has 0 bridgehead atoms. The van der Waals surface area contributed by atoms with Gasteiger partial charge in [-0.15, -0.1) is 11.8 Å². The summed E-state index contributed by atoms with van der Waals surface area (Å²) >= 11 is 1.72. The normalized spacial score (nSPS) is 14.7. The molecule has 30 heavy (non-hydrogen) atoms. The summed E-state index contributed by atoms with van der Waals surface area (Å²) in [6.45, 7) is 22.2. The molecule has 3 heteroatoms. The highest BCUT2D eigenvalue weighted by Crippen LogP contribution is 2.27. The Morgan fingerprint density at radius 2 is 1.53 bits per heavy atom. The number of carbonyl (C=O) groups excluding carboxylic acids is 1. The maximum atomic E-state index is 9.81. The maximum Gasteiger partial charge on any atom is 0.129 e. The molecule has 0 fully saturated rings. The molecule has 1 aromatic carbocycles. The SMILES string of the molecule is C=C(C)S/C(C)=C\C.CCC(C)=O.CCC1=NC=C(C(C)C)C1C.c1ccccc1. The van der Waals surface area contributed by atoms with Crippen molar-refractivity contribution in [3.8, 4) is 0 Å². The molecule has 168 valence electrons. The second kappa shape index (κ2) is 19.1. The second-order valence-corrected chi connectivity index (χ2v) is 8.94. The molecule has 0 spiro atoms. The zero-order valence-electron chi connectivity index (χ0n) is 20.7. The fraction of sp³-hybridized carbons (Fsp3) is 0.481. The van der Waals surface area contributed by atoms with Gasteiger partial charge in [0.25, 0.3) is 0 Å². The Labute approximate surface area is 190 Å². The first-order chi connectivity index (χ1) is 14.1. The molecule has 0 saturated carbocycles. The van der Waals surface area contributed by atoms with Crippen LogP contribution in [0.2, 0.25) is 0 Å². The zero-order chi connectivity index (χ0) is 23.5. The van der Waals surface area contributed by atoms with E-state index < -0.39 is 0 Å². The largest absolute Gasteiger partial charge is 0.300 e. The van der Waals surface area contributed by atoms with E-state index in [2.05, 4.69) is 52.3 Å². The molecule has 0 aliphatic carbocycles. The molecule has 0 N–H and O–H groups in total. The molecule has 1 atom stereocenters. The lowest BCUT2D eigenvalue weighted by molar-refractivity contribution is -0.116. The van der Waals surface area contributed by atoms with Crippen LogP contribution in [-0.4, -0.2) is 11.5 Å². The minimum absolute atomic E-state index is 0.255. The van der Waals surface area contributed by atoms with E-state index in [1.165, 1.54) is 16.2 Å². The summed E-state index contributed by atoms with van der Waals surface area (Å²) in [5, 5.41) is 0. The average molecular weight is 430 g/mol. The van der Waals surface area contributed by atoms with Gasteiger partial charge in [0.1, 0.15) is 5.78 Å². The predicted molar refractivity (Wildman–Crippen MR) is 139 cm³/mol. The van der Waals surface area contributed by atoms with Crippen molar-refractivity contribution < 1.29 is 4.79 Å². The summed E-state index contributed by atoms with van der Waals surface area (Å²) in [4.78, 5) is 16.7. The summed E-state index contributed by atoms with van der Waals surface area (Å²) in [5.74, 6) is 1.50. The Kier molecular flexibility index (Phi) is 19.3. The molecule has 0 saturated heterocycles. The molecule has 0 amide bonds. The van der Waals surface area contributed by atoms with E-state index in [1.807, 2.05) is 63.4 Å². The van der Waals surface area contributed by atoms with Gasteiger partial charge in [0.05, 0.1) is 0 Å². The first-order valence-electron chi connectivity index (χ1n) is 10.8. The third kappa shape index (κ3) is 17.0. The molecule has 1 heterocycles. The van der Waals surface area contributed by atoms with Crippen molar-refractivity contribution in [3.63, 3.8) is 0 Å². The highest BCUT2D eigenvalue weighted by atomic mass is 32.2. The number of ketones is 1. The van der Waals surface area contributed by atoms with Crippen LogP contribution >= 0.6 is 11.8 Å². The number of hydrogen-bond acceptors (Lipinski definition) is 3. The van der Waals surface area contributed by atoms with Crippen molar-refractivity contribution in [2.24, 2.45) is 16.8 Å². The Morgan fingerprint density at radius 1 is 1.10 bits per heavy atom. The minimum atomic E-state index is 0.255. The maximum absolute atomic E-state index is 9.81. The smallest absolute Gasteiger partial charge is 0.129 e. The van der Waals surface area contributed by atoms with Gasteiger partial charge in [-0.05, 0) is 55.4 Å². The van der Waals surface area contributed by atoms with Gasteiger partial charge in [-0.25, -0.2) is 0 Å². The Balaban J connectivity index is 0. The van der Waals surface area contributed by atoms with Crippen LogP contribution in [0.1, 0.15) is 75.2 Å². The standard InChI is InChI=1S/C10H17N.C7H12S.C6H6.C4H8O/c1-5-10-8(4)9(6-11-10)7(2)3;1-5-7(4)8-6(2)3;1-2-4-6-5-3-1;1-3-4(2)5/h6-8H,5H2,1-4H3;5H,2H2,1,3-4H3;1-6H;3H2,1-2H3/b;7-5-;;. The molecule has 1 aromatic rings. The highest BCUT2D eigenvalue weighted by molar-refractivity contribution is 8.06. The first kappa shape index (κ1) is 30.3. The zero-order valence-corrected chi connectivity index (χ0v) is 21.5. The van der Waals surface area contributed by atoms with Crippen LogP contribution < -0.4 is 0 Å². The van der Waals surface area contributed by atoms with Gasteiger partial charge in [0, 0.05) is 24.3 Å². The summed E-state index contributed by atoms with van der Waals surface area (Å²) in [6.07, 6.45) is 5.89. The van der Waals surface area contributed by atoms with Crippen LogP contribution in [0.4, 0.5) is 0 Å².